The Morgan fingerprint density at radius 3 is 2.55 bits per heavy atom. The number of hydrogen-bond donors (Lipinski definition) is 1. The highest BCUT2D eigenvalue weighted by molar-refractivity contribution is 7.90. The summed E-state index contributed by atoms with van der Waals surface area (Å²) in [7, 11) is -2.30. The first-order chi connectivity index (χ1) is 15.8. The molecule has 0 fully saturated rings. The van der Waals surface area contributed by atoms with Gasteiger partial charge in [-0.15, -0.1) is 0 Å². The number of carbonyl (C=O) groups excluding carboxylic acids is 1. The molecule has 4 rings (SSSR count). The average molecular weight is 468 g/mol. The summed E-state index contributed by atoms with van der Waals surface area (Å²) < 4.78 is 47.1. The lowest BCUT2D eigenvalue weighted by atomic mass is 10.1. The van der Waals surface area contributed by atoms with Gasteiger partial charge in [0.2, 0.25) is 10.0 Å². The molecule has 0 aliphatic heterocycles. The van der Waals surface area contributed by atoms with E-state index >= 15 is 0 Å². The fourth-order valence-corrected chi connectivity index (χ4v) is 4.09. The van der Waals surface area contributed by atoms with Crippen LogP contribution in [0.2, 0.25) is 0 Å². The highest BCUT2D eigenvalue weighted by atomic mass is 32.2. The molecule has 0 bridgehead atoms. The van der Waals surface area contributed by atoms with Crippen LogP contribution in [-0.2, 0) is 16.6 Å². The average Bonchev–Trinajstić information content (AvgIpc) is 3.16. The van der Waals surface area contributed by atoms with Gasteiger partial charge >= 0.3 is 0 Å². The molecule has 0 saturated carbocycles. The Bertz CT molecular complexity index is 1430. The third kappa shape index (κ3) is 4.73. The number of halogens is 1. The van der Waals surface area contributed by atoms with Crippen LogP contribution in [0.15, 0.2) is 66.7 Å². The molecule has 2 aromatic carbocycles. The predicted molar refractivity (Wildman–Crippen MR) is 124 cm³/mol. The zero-order valence-corrected chi connectivity index (χ0v) is 18.9. The minimum Gasteiger partial charge on any atom is -0.494 e. The van der Waals surface area contributed by atoms with E-state index in [-0.39, 0.29) is 23.7 Å². The van der Waals surface area contributed by atoms with E-state index in [0.29, 0.717) is 11.2 Å². The monoisotopic (exact) mass is 467 g/mol. The molecule has 2 heterocycles. The van der Waals surface area contributed by atoms with Crippen LogP contribution in [0.5, 0.6) is 5.75 Å². The molecule has 0 spiro atoms. The van der Waals surface area contributed by atoms with Gasteiger partial charge in [0.1, 0.15) is 5.69 Å². The first-order valence-corrected chi connectivity index (χ1v) is 11.9. The standard InChI is InChI=1S/C24H22FN3O4S/c1-3-33(30,31)27-24(29)20-11-7-10-18(26-20)15-28-21(16-8-5-4-6-9-16)12-17-13-23(32-2)19(25)14-22(17)28/h4-14H,3,15H2,1-2H3,(H,27,29). The van der Waals surface area contributed by atoms with Crippen molar-refractivity contribution >= 4 is 26.8 Å². The summed E-state index contributed by atoms with van der Waals surface area (Å²) >= 11 is 0. The number of methoxy groups -OCH3 is 1. The van der Waals surface area contributed by atoms with E-state index < -0.39 is 21.7 Å². The normalized spacial score (nSPS) is 11.5. The second-order valence-corrected chi connectivity index (χ2v) is 9.39. The summed E-state index contributed by atoms with van der Waals surface area (Å²) in [5.41, 5.74) is 2.90. The van der Waals surface area contributed by atoms with Crippen LogP contribution >= 0.6 is 0 Å². The predicted octanol–water partition coefficient (Wildman–Crippen LogP) is 3.98. The van der Waals surface area contributed by atoms with Crippen LogP contribution < -0.4 is 9.46 Å². The number of carbonyl (C=O) groups is 1. The van der Waals surface area contributed by atoms with E-state index in [0.717, 1.165) is 16.6 Å². The van der Waals surface area contributed by atoms with Crippen LogP contribution in [0, 0.1) is 5.82 Å². The number of fused-ring (bicyclic) bond motifs is 1. The highest BCUT2D eigenvalue weighted by Gasteiger charge is 2.18. The number of pyridine rings is 1. The van der Waals surface area contributed by atoms with Crippen molar-refractivity contribution in [3.63, 3.8) is 0 Å². The van der Waals surface area contributed by atoms with Gasteiger partial charge in [-0.1, -0.05) is 36.4 Å². The molecule has 0 unspecified atom stereocenters. The van der Waals surface area contributed by atoms with Crippen LogP contribution in [0.4, 0.5) is 4.39 Å². The molecule has 0 atom stereocenters. The molecule has 1 amide bonds. The van der Waals surface area contributed by atoms with Gasteiger partial charge in [0.05, 0.1) is 30.6 Å². The fraction of sp³-hybridized carbons (Fsp3) is 0.167. The Morgan fingerprint density at radius 2 is 1.85 bits per heavy atom. The van der Waals surface area contributed by atoms with Crippen molar-refractivity contribution in [3.8, 4) is 17.0 Å². The summed E-state index contributed by atoms with van der Waals surface area (Å²) in [5, 5.41) is 0.787. The second kappa shape index (κ2) is 9.03. The quantitative estimate of drug-likeness (QED) is 0.444. The van der Waals surface area contributed by atoms with Crippen molar-refractivity contribution in [2.45, 2.75) is 13.5 Å². The minimum absolute atomic E-state index is 0.0184. The minimum atomic E-state index is -3.71. The number of nitrogens with one attached hydrogen (secondary N) is 1. The lowest BCUT2D eigenvalue weighted by Gasteiger charge is -2.12. The first kappa shape index (κ1) is 22.5. The van der Waals surface area contributed by atoms with E-state index in [1.807, 2.05) is 45.7 Å². The maximum atomic E-state index is 14.5. The largest absolute Gasteiger partial charge is 0.494 e. The fourth-order valence-electron chi connectivity index (χ4n) is 3.56. The molecule has 2 aromatic heterocycles. The Balaban J connectivity index is 1.78. The van der Waals surface area contributed by atoms with Gasteiger partial charge in [-0.3, -0.25) is 4.79 Å². The molecule has 0 saturated heterocycles. The van der Waals surface area contributed by atoms with E-state index in [4.69, 9.17) is 4.74 Å². The van der Waals surface area contributed by atoms with E-state index in [1.165, 1.54) is 26.2 Å². The number of nitrogens with zero attached hydrogens (tertiary/aromatic N) is 2. The van der Waals surface area contributed by atoms with Crippen LogP contribution in [0.1, 0.15) is 23.1 Å². The summed E-state index contributed by atoms with van der Waals surface area (Å²) in [6.45, 7) is 1.68. The number of amides is 1. The van der Waals surface area contributed by atoms with Crippen molar-refractivity contribution in [1.82, 2.24) is 14.3 Å². The summed E-state index contributed by atoms with van der Waals surface area (Å²) in [6.07, 6.45) is 0. The highest BCUT2D eigenvalue weighted by Crippen LogP contribution is 2.32. The molecule has 33 heavy (non-hydrogen) atoms. The van der Waals surface area contributed by atoms with Crippen LogP contribution in [0.3, 0.4) is 0 Å². The number of benzene rings is 2. The molecular weight excluding hydrogens is 445 g/mol. The number of ether oxygens (including phenoxy) is 1. The van der Waals surface area contributed by atoms with Gasteiger partial charge in [-0.25, -0.2) is 22.5 Å². The molecule has 7 nitrogen and oxygen atoms in total. The van der Waals surface area contributed by atoms with Gasteiger partial charge in [-0.05, 0) is 36.8 Å². The van der Waals surface area contributed by atoms with Gasteiger partial charge < -0.3 is 9.30 Å². The van der Waals surface area contributed by atoms with E-state index in [1.54, 1.807) is 18.2 Å². The molecule has 4 aromatic rings. The number of aromatic nitrogens is 2. The maximum Gasteiger partial charge on any atom is 0.283 e. The zero-order chi connectivity index (χ0) is 23.6. The lowest BCUT2D eigenvalue weighted by Crippen LogP contribution is -2.32. The van der Waals surface area contributed by atoms with Crippen LogP contribution in [0.25, 0.3) is 22.2 Å². The van der Waals surface area contributed by atoms with Crippen molar-refractivity contribution < 1.29 is 22.3 Å². The Labute approximate surface area is 190 Å². The first-order valence-electron chi connectivity index (χ1n) is 10.2. The third-order valence-corrected chi connectivity index (χ3v) is 6.49. The Morgan fingerprint density at radius 1 is 1.09 bits per heavy atom. The van der Waals surface area contributed by atoms with E-state index in [2.05, 4.69) is 4.98 Å². The van der Waals surface area contributed by atoms with E-state index in [9.17, 15) is 17.6 Å². The van der Waals surface area contributed by atoms with Gasteiger partial charge in [0, 0.05) is 17.1 Å². The molecule has 1 N–H and O–H groups in total. The van der Waals surface area contributed by atoms with Crippen LogP contribution in [-0.4, -0.2) is 36.7 Å². The van der Waals surface area contributed by atoms with Crippen molar-refractivity contribution in [2.24, 2.45) is 0 Å². The smallest absolute Gasteiger partial charge is 0.283 e. The molecule has 170 valence electrons. The summed E-state index contributed by atoms with van der Waals surface area (Å²) in [5.74, 6) is -1.36. The zero-order valence-electron chi connectivity index (χ0n) is 18.1. The molecule has 0 aliphatic carbocycles. The second-order valence-electron chi connectivity index (χ2n) is 7.38. The number of hydrogen-bond acceptors (Lipinski definition) is 5. The molecule has 9 heteroatoms. The number of sulfonamides is 1. The SMILES string of the molecule is CCS(=O)(=O)NC(=O)c1cccc(Cn2c(-c3ccccc3)cc3cc(OC)c(F)cc32)n1. The molecule has 0 radical (unpaired) electrons. The lowest BCUT2D eigenvalue weighted by molar-refractivity contribution is 0.0976. The van der Waals surface area contributed by atoms with Crippen molar-refractivity contribution in [2.75, 3.05) is 12.9 Å². The topological polar surface area (TPSA) is 90.3 Å². The van der Waals surface area contributed by atoms with Crippen molar-refractivity contribution in [1.29, 1.82) is 0 Å². The maximum absolute atomic E-state index is 14.5. The van der Waals surface area contributed by atoms with Gasteiger partial charge in [-0.2, -0.15) is 0 Å². The van der Waals surface area contributed by atoms with Crippen molar-refractivity contribution in [3.05, 3.63) is 83.9 Å². The molecule has 0 aliphatic rings. The number of rotatable bonds is 7. The summed E-state index contributed by atoms with van der Waals surface area (Å²) in [6, 6.07) is 19.4. The van der Waals surface area contributed by atoms with Gasteiger partial charge in [0.25, 0.3) is 5.91 Å². The third-order valence-electron chi connectivity index (χ3n) is 5.23. The van der Waals surface area contributed by atoms with Gasteiger partial charge in [0.15, 0.2) is 11.6 Å². The molecular formula is C24H22FN3O4S. The Hall–Kier alpha value is -3.72. The summed E-state index contributed by atoms with van der Waals surface area (Å²) in [4.78, 5) is 16.7. The Kier molecular flexibility index (Phi) is 6.15.